The lowest BCUT2D eigenvalue weighted by atomic mass is 9.52. The lowest BCUT2D eigenvalue weighted by Gasteiger charge is -2.57. The zero-order valence-electron chi connectivity index (χ0n) is 24.4. The Morgan fingerprint density at radius 1 is 1.59 bits per heavy atom. The van der Waals surface area contributed by atoms with Crippen LogP contribution in [-0.4, -0.2) is 43.3 Å². The Bertz CT molecular complexity index is 1170. The molecule has 2 heterocycles. The van der Waals surface area contributed by atoms with E-state index in [4.69, 9.17) is 24.6 Å². The van der Waals surface area contributed by atoms with Crippen molar-refractivity contribution in [2.45, 2.75) is 43.1 Å². The van der Waals surface area contributed by atoms with Crippen molar-refractivity contribution in [2.24, 2.45) is 5.89 Å². The molecule has 1 aromatic rings. The van der Waals surface area contributed by atoms with E-state index >= 15 is 0 Å². The molecule has 4 heteroatoms. The third-order valence-electron chi connectivity index (χ3n) is 4.92. The van der Waals surface area contributed by atoms with Gasteiger partial charge >= 0.3 is 0 Å². The normalized spacial score (nSPS) is 62.9. The second kappa shape index (κ2) is 4.05. The highest BCUT2D eigenvalue weighted by molar-refractivity contribution is 5.89. The Hall–Kier alpha value is -1.55. The number of methoxy groups -OCH3 is 1. The second-order valence-corrected chi connectivity index (χ2v) is 5.79. The highest BCUT2D eigenvalue weighted by Gasteiger charge is 2.65. The van der Waals surface area contributed by atoms with E-state index in [0.717, 1.165) is 12.1 Å². The number of ether oxygens (including phenoxy) is 2. The number of likely N-dealkylation sites (N-methyl/N-ethyl adjacent to an activating group) is 1. The summed E-state index contributed by atoms with van der Waals surface area (Å²) in [4.78, 5) is 13.9. The van der Waals surface area contributed by atoms with Crippen LogP contribution in [0.2, 0.25) is 0 Å². The van der Waals surface area contributed by atoms with Crippen LogP contribution in [0.1, 0.15) is 48.2 Å². The number of benzene rings is 1. The molecule has 116 valence electrons. The molecule has 2 aliphatic heterocycles. The van der Waals surface area contributed by atoms with Gasteiger partial charge in [0.2, 0.25) is 0 Å². The number of carbonyl (C=O) groups is 1. The summed E-state index contributed by atoms with van der Waals surface area (Å²) < 4.78 is 119. The Labute approximate surface area is 148 Å². The monoisotopic (exact) mass is 312 g/mol. The molecule has 22 heavy (non-hydrogen) atoms. The molecule has 0 aromatic heterocycles. The molecule has 2 fully saturated rings. The third kappa shape index (κ3) is 1.27. The fourth-order valence-corrected chi connectivity index (χ4v) is 4.00. The molecule has 0 radical (unpaired) electrons. The summed E-state index contributed by atoms with van der Waals surface area (Å²) in [5.74, 6) is -5.03. The summed E-state index contributed by atoms with van der Waals surface area (Å²) in [6.07, 6.45) is -10.3. The van der Waals surface area contributed by atoms with Gasteiger partial charge in [-0.05, 0) is 50.3 Å². The van der Waals surface area contributed by atoms with Crippen molar-refractivity contribution in [1.82, 2.24) is 4.90 Å². The average Bonchev–Trinajstić information content (AvgIpc) is 2.93. The third-order valence-corrected chi connectivity index (χ3v) is 4.92. The van der Waals surface area contributed by atoms with Crippen LogP contribution in [0.4, 0.5) is 0 Å². The van der Waals surface area contributed by atoms with Crippen LogP contribution >= 0.6 is 0 Å². The maximum Gasteiger partial charge on any atom is 0.174 e. The van der Waals surface area contributed by atoms with Gasteiger partial charge in [-0.15, -0.1) is 0 Å². The molecular weight excluding hydrogens is 278 g/mol. The number of carbonyl (C=O) groups excluding carboxylic acids is 1. The molecule has 1 spiro atoms. The van der Waals surface area contributed by atoms with Crippen LogP contribution in [0.25, 0.3) is 0 Å². The molecular formula is C18H21NO3. The van der Waals surface area contributed by atoms with Crippen LogP contribution in [-0.2, 0) is 16.6 Å². The number of ketones is 1. The first kappa shape index (κ1) is 5.52. The van der Waals surface area contributed by atoms with Gasteiger partial charge in [-0.25, -0.2) is 0 Å². The van der Waals surface area contributed by atoms with Gasteiger partial charge in [0, 0.05) is 35.7 Å². The predicted molar refractivity (Wildman–Crippen MR) is 81.6 cm³/mol. The summed E-state index contributed by atoms with van der Waals surface area (Å²) >= 11 is 0. The number of Topliss-reactive ketones (excluding diaryl/α,β-unsaturated/α-hetero) is 1. The molecule has 4 atom stereocenters. The van der Waals surface area contributed by atoms with Gasteiger partial charge in [-0.1, -0.05) is 6.07 Å². The van der Waals surface area contributed by atoms with Crippen molar-refractivity contribution in [3.63, 3.8) is 0 Å². The quantitative estimate of drug-likeness (QED) is 0.794. The van der Waals surface area contributed by atoms with Crippen molar-refractivity contribution >= 4 is 5.78 Å². The van der Waals surface area contributed by atoms with E-state index in [1.165, 1.54) is 0 Å². The number of hydrogen-bond donors (Lipinski definition) is 0. The van der Waals surface area contributed by atoms with Crippen molar-refractivity contribution in [1.29, 1.82) is 0 Å². The fourth-order valence-electron chi connectivity index (χ4n) is 4.00. The molecule has 1 aromatic carbocycles. The molecule has 2 bridgehead atoms. The molecule has 4 aliphatic rings. The zero-order chi connectivity index (χ0) is 26.4. The van der Waals surface area contributed by atoms with Crippen LogP contribution in [0.3, 0.4) is 0 Å². The van der Waals surface area contributed by atoms with E-state index in [1.54, 1.807) is 0 Å². The minimum absolute atomic E-state index is 0.217. The highest BCUT2D eigenvalue weighted by Crippen LogP contribution is 2.62. The molecule has 1 saturated carbocycles. The van der Waals surface area contributed by atoms with Gasteiger partial charge < -0.3 is 14.4 Å². The molecule has 0 amide bonds. The Kier molecular flexibility index (Phi) is 1.01. The van der Waals surface area contributed by atoms with E-state index in [0.29, 0.717) is 4.90 Å². The van der Waals surface area contributed by atoms with Crippen LogP contribution in [0.15, 0.2) is 12.1 Å². The van der Waals surface area contributed by atoms with Gasteiger partial charge in [-0.2, -0.15) is 0 Å². The van der Waals surface area contributed by atoms with E-state index in [2.05, 4.69) is 0 Å². The number of rotatable bonds is 1. The molecule has 1 unspecified atom stereocenters. The Balaban J connectivity index is 1.95. The van der Waals surface area contributed by atoms with E-state index < -0.39 is 86.8 Å². The van der Waals surface area contributed by atoms with Crippen LogP contribution in [0, 0.1) is 5.89 Å². The molecule has 1 saturated heterocycles. The summed E-state index contributed by atoms with van der Waals surface area (Å²) in [6.45, 7) is -3.59. The van der Waals surface area contributed by atoms with Gasteiger partial charge in [0.1, 0.15) is 0 Å². The number of hydrogen-bond acceptors (Lipinski definition) is 4. The lowest BCUT2D eigenvalue weighted by Crippen LogP contribution is -2.65. The van der Waals surface area contributed by atoms with Crippen molar-refractivity contribution in [3.8, 4) is 11.5 Å². The predicted octanol–water partition coefficient (Wildman–Crippen LogP) is 1.93. The minimum Gasteiger partial charge on any atom is -0.493 e. The number of likely N-dealkylation sites (tertiary alicyclic amines) is 1. The first-order valence-electron chi connectivity index (χ1n) is 13.5. The maximum absolute atomic E-state index is 13.4. The summed E-state index contributed by atoms with van der Waals surface area (Å²) in [5.41, 5.74) is -2.72. The Morgan fingerprint density at radius 3 is 3.41 bits per heavy atom. The van der Waals surface area contributed by atoms with E-state index in [9.17, 15) is 7.54 Å². The van der Waals surface area contributed by atoms with Crippen LogP contribution in [0.5, 0.6) is 11.5 Å². The van der Waals surface area contributed by atoms with E-state index in [1.807, 2.05) is 0 Å². The van der Waals surface area contributed by atoms with Crippen molar-refractivity contribution in [3.05, 3.63) is 23.3 Å². The molecule has 2 aliphatic carbocycles. The van der Waals surface area contributed by atoms with Gasteiger partial charge in [-0.3, -0.25) is 4.79 Å². The first-order chi connectivity index (χ1) is 15.6. The highest BCUT2D eigenvalue weighted by atomic mass is 16.5. The Morgan fingerprint density at radius 2 is 2.55 bits per heavy atom. The fraction of sp³-hybridized carbons (Fsp3) is 0.611. The first-order valence-corrected chi connectivity index (χ1v) is 7.01. The summed E-state index contributed by atoms with van der Waals surface area (Å²) in [7, 11) is -3.00. The van der Waals surface area contributed by atoms with Gasteiger partial charge in [0.25, 0.3) is 0 Å². The molecule has 0 N–H and O–H groups in total. The SMILES string of the molecule is [2H]C([2H])([2H])Oc1ccc2c3c1OC1([2H])C(=O)C([2H])([2H])C[C@]4([2H])[C@@]31CCN(C([2H])([2H])[2H])[C@]4([2H])C2([2H])[2H]. The smallest absolute Gasteiger partial charge is 0.174 e. The molecule has 4 nitrogen and oxygen atoms in total. The van der Waals surface area contributed by atoms with Crippen molar-refractivity contribution < 1.29 is 32.1 Å². The van der Waals surface area contributed by atoms with Gasteiger partial charge in [0.15, 0.2) is 23.4 Å². The largest absolute Gasteiger partial charge is 0.493 e. The van der Waals surface area contributed by atoms with Gasteiger partial charge in [0.05, 0.1) is 12.5 Å². The topological polar surface area (TPSA) is 38.8 Å². The number of piperidine rings is 1. The maximum atomic E-state index is 13.4. The van der Waals surface area contributed by atoms with Crippen LogP contribution < -0.4 is 9.47 Å². The number of nitrogens with zero attached hydrogens (tertiary/aromatic N) is 1. The zero-order valence-corrected chi connectivity index (χ0v) is 11.4. The standard InChI is InChI=1S/C18H21NO3/c1-19-8-7-18-11-4-5-13(20)17(18)22-16-14(21-2)6-3-10(15(16)18)9-12(11)19/h3,6,11-12,17H,4-5,7-9H2,1-2H3/t11-,12+,17?,18-/m0/s1/i1D3,2D3,5D2,9D2,11D,12D,17D. The molecule has 5 rings (SSSR count). The van der Waals surface area contributed by atoms with Crippen molar-refractivity contribution in [2.75, 3.05) is 20.6 Å². The summed E-state index contributed by atoms with van der Waals surface area (Å²) in [6, 6.07) is -0.852. The van der Waals surface area contributed by atoms with E-state index in [-0.39, 0.29) is 11.1 Å². The summed E-state index contributed by atoms with van der Waals surface area (Å²) in [5, 5.41) is 0. The lowest BCUT2D eigenvalue weighted by molar-refractivity contribution is -0.138. The second-order valence-electron chi connectivity index (χ2n) is 5.79. The average molecular weight is 312 g/mol. The minimum atomic E-state index is -3.06.